The second kappa shape index (κ2) is 8.12. The normalized spacial score (nSPS) is 10.7. The Bertz CT molecular complexity index is 1210. The predicted molar refractivity (Wildman–Crippen MR) is 112 cm³/mol. The first-order valence-electron chi connectivity index (χ1n) is 9.13. The topological polar surface area (TPSA) is 103 Å². The standard InChI is InChI=1S/C22H18FN5O2/c1-30-18-10-15(13-4-6-16(23)7-5-13)9-17-20(18)27-21(14-3-2-8-25-11-14)28-22(17)26-12-19(24)29/h2-11H,12H2,1H3,(H2,24,29)(H,26,27,28). The van der Waals surface area contributed by atoms with Crippen LogP contribution < -0.4 is 15.8 Å². The van der Waals surface area contributed by atoms with E-state index in [1.807, 2.05) is 18.2 Å². The molecule has 0 aliphatic heterocycles. The molecule has 0 fully saturated rings. The van der Waals surface area contributed by atoms with E-state index >= 15 is 0 Å². The molecular weight excluding hydrogens is 385 g/mol. The Hall–Kier alpha value is -4.07. The number of primary amides is 1. The summed E-state index contributed by atoms with van der Waals surface area (Å²) in [5.74, 6) is 0.530. The number of hydrogen-bond donors (Lipinski definition) is 2. The molecule has 0 saturated carbocycles. The van der Waals surface area contributed by atoms with Gasteiger partial charge in [-0.25, -0.2) is 14.4 Å². The van der Waals surface area contributed by atoms with Crippen molar-refractivity contribution in [2.24, 2.45) is 5.73 Å². The molecule has 30 heavy (non-hydrogen) atoms. The van der Waals surface area contributed by atoms with E-state index in [0.717, 1.165) is 11.1 Å². The van der Waals surface area contributed by atoms with Crippen molar-refractivity contribution in [3.63, 3.8) is 0 Å². The Morgan fingerprint density at radius 2 is 1.90 bits per heavy atom. The van der Waals surface area contributed by atoms with Crippen LogP contribution in [-0.4, -0.2) is 34.5 Å². The number of methoxy groups -OCH3 is 1. The highest BCUT2D eigenvalue weighted by atomic mass is 19.1. The van der Waals surface area contributed by atoms with Crippen LogP contribution in [0.2, 0.25) is 0 Å². The first kappa shape index (κ1) is 19.3. The number of benzene rings is 2. The summed E-state index contributed by atoms with van der Waals surface area (Å²) in [6.45, 7) is -0.0956. The Labute approximate surface area is 171 Å². The summed E-state index contributed by atoms with van der Waals surface area (Å²) >= 11 is 0. The number of aromatic nitrogens is 3. The monoisotopic (exact) mass is 403 g/mol. The van der Waals surface area contributed by atoms with Gasteiger partial charge in [0, 0.05) is 23.3 Å². The highest BCUT2D eigenvalue weighted by Gasteiger charge is 2.16. The van der Waals surface area contributed by atoms with Crippen LogP contribution in [-0.2, 0) is 4.79 Å². The Morgan fingerprint density at radius 1 is 1.10 bits per heavy atom. The first-order chi connectivity index (χ1) is 14.5. The van der Waals surface area contributed by atoms with E-state index in [1.165, 1.54) is 12.1 Å². The molecular formula is C22H18FN5O2. The fourth-order valence-electron chi connectivity index (χ4n) is 3.10. The number of fused-ring (bicyclic) bond motifs is 1. The summed E-state index contributed by atoms with van der Waals surface area (Å²) in [5.41, 5.74) is 8.17. The molecule has 2 aromatic carbocycles. The molecule has 0 aliphatic carbocycles. The summed E-state index contributed by atoms with van der Waals surface area (Å²) in [5, 5.41) is 3.62. The SMILES string of the molecule is COc1cc(-c2ccc(F)cc2)cc2c(NCC(N)=O)nc(-c3cccnc3)nc12. The highest BCUT2D eigenvalue weighted by Crippen LogP contribution is 2.35. The number of pyridine rings is 1. The van der Waals surface area contributed by atoms with Crippen LogP contribution in [0.25, 0.3) is 33.4 Å². The molecule has 150 valence electrons. The van der Waals surface area contributed by atoms with Gasteiger partial charge in [-0.3, -0.25) is 9.78 Å². The number of nitrogens with one attached hydrogen (secondary N) is 1. The quantitative estimate of drug-likeness (QED) is 0.511. The van der Waals surface area contributed by atoms with Crippen LogP contribution in [0.4, 0.5) is 10.2 Å². The smallest absolute Gasteiger partial charge is 0.236 e. The van der Waals surface area contributed by atoms with Gasteiger partial charge >= 0.3 is 0 Å². The van der Waals surface area contributed by atoms with Gasteiger partial charge in [-0.05, 0) is 47.5 Å². The van der Waals surface area contributed by atoms with E-state index in [0.29, 0.717) is 33.9 Å². The van der Waals surface area contributed by atoms with Crippen molar-refractivity contribution in [3.05, 3.63) is 66.7 Å². The van der Waals surface area contributed by atoms with Gasteiger partial charge in [0.2, 0.25) is 5.91 Å². The molecule has 3 N–H and O–H groups in total. The van der Waals surface area contributed by atoms with Gasteiger partial charge < -0.3 is 15.8 Å². The van der Waals surface area contributed by atoms with E-state index in [4.69, 9.17) is 10.5 Å². The Kier molecular flexibility index (Phi) is 5.21. The van der Waals surface area contributed by atoms with E-state index in [1.54, 1.807) is 37.7 Å². The summed E-state index contributed by atoms with van der Waals surface area (Å²) < 4.78 is 18.9. The van der Waals surface area contributed by atoms with Crippen molar-refractivity contribution in [2.75, 3.05) is 19.0 Å². The van der Waals surface area contributed by atoms with Gasteiger partial charge in [0.1, 0.15) is 22.9 Å². The molecule has 8 heteroatoms. The fraction of sp³-hybridized carbons (Fsp3) is 0.0909. The van der Waals surface area contributed by atoms with Crippen LogP contribution in [0.5, 0.6) is 5.75 Å². The average molecular weight is 403 g/mol. The number of nitrogens with two attached hydrogens (primary N) is 1. The first-order valence-corrected chi connectivity index (χ1v) is 9.13. The molecule has 2 heterocycles. The summed E-state index contributed by atoms with van der Waals surface area (Å²) in [4.78, 5) is 24.7. The number of nitrogens with zero attached hydrogens (tertiary/aromatic N) is 3. The third kappa shape index (κ3) is 3.88. The second-order valence-electron chi connectivity index (χ2n) is 6.54. The molecule has 0 aliphatic rings. The number of hydrogen-bond acceptors (Lipinski definition) is 6. The van der Waals surface area contributed by atoms with E-state index in [-0.39, 0.29) is 12.4 Å². The van der Waals surface area contributed by atoms with Crippen molar-refractivity contribution in [1.29, 1.82) is 0 Å². The van der Waals surface area contributed by atoms with Gasteiger partial charge in [-0.1, -0.05) is 12.1 Å². The number of halogens is 1. The number of amides is 1. The number of carbonyl (C=O) groups is 1. The van der Waals surface area contributed by atoms with Crippen molar-refractivity contribution in [2.45, 2.75) is 0 Å². The third-order valence-electron chi connectivity index (χ3n) is 4.51. The molecule has 0 atom stereocenters. The van der Waals surface area contributed by atoms with Gasteiger partial charge in [-0.15, -0.1) is 0 Å². The van der Waals surface area contributed by atoms with Gasteiger partial charge in [0.05, 0.1) is 13.7 Å². The molecule has 0 saturated heterocycles. The van der Waals surface area contributed by atoms with Crippen LogP contribution in [0.1, 0.15) is 0 Å². The molecule has 2 aromatic heterocycles. The summed E-state index contributed by atoms with van der Waals surface area (Å²) in [6, 6.07) is 13.4. The van der Waals surface area contributed by atoms with Crippen LogP contribution in [0.3, 0.4) is 0 Å². The minimum atomic E-state index is -0.522. The van der Waals surface area contributed by atoms with Crippen LogP contribution in [0, 0.1) is 5.82 Å². The summed E-state index contributed by atoms with van der Waals surface area (Å²) in [6.07, 6.45) is 3.31. The lowest BCUT2D eigenvalue weighted by molar-refractivity contribution is -0.116. The Balaban J connectivity index is 1.95. The minimum absolute atomic E-state index is 0.0956. The lowest BCUT2D eigenvalue weighted by Gasteiger charge is -2.14. The zero-order valence-electron chi connectivity index (χ0n) is 16.1. The zero-order chi connectivity index (χ0) is 21.1. The average Bonchev–Trinajstić information content (AvgIpc) is 2.77. The van der Waals surface area contributed by atoms with Gasteiger partial charge in [0.15, 0.2) is 5.82 Å². The molecule has 0 spiro atoms. The second-order valence-corrected chi connectivity index (χ2v) is 6.54. The van der Waals surface area contributed by atoms with Crippen molar-refractivity contribution in [1.82, 2.24) is 15.0 Å². The van der Waals surface area contributed by atoms with Crippen LogP contribution in [0.15, 0.2) is 60.9 Å². The molecule has 0 bridgehead atoms. The van der Waals surface area contributed by atoms with E-state index in [9.17, 15) is 9.18 Å². The number of ether oxygens (including phenoxy) is 1. The Morgan fingerprint density at radius 3 is 2.57 bits per heavy atom. The van der Waals surface area contributed by atoms with E-state index in [2.05, 4.69) is 20.3 Å². The fourth-order valence-corrected chi connectivity index (χ4v) is 3.10. The predicted octanol–water partition coefficient (Wildman–Crippen LogP) is 3.40. The third-order valence-corrected chi connectivity index (χ3v) is 4.51. The number of carbonyl (C=O) groups excluding carboxylic acids is 1. The lowest BCUT2D eigenvalue weighted by Crippen LogP contribution is -2.22. The number of rotatable bonds is 6. The highest BCUT2D eigenvalue weighted by molar-refractivity contribution is 5.98. The molecule has 1 amide bonds. The lowest BCUT2D eigenvalue weighted by atomic mass is 10.0. The zero-order valence-corrected chi connectivity index (χ0v) is 16.1. The molecule has 0 radical (unpaired) electrons. The molecule has 0 unspecified atom stereocenters. The van der Waals surface area contributed by atoms with Crippen molar-refractivity contribution < 1.29 is 13.9 Å². The molecule has 7 nitrogen and oxygen atoms in total. The van der Waals surface area contributed by atoms with Gasteiger partial charge in [0.25, 0.3) is 0 Å². The maximum Gasteiger partial charge on any atom is 0.236 e. The van der Waals surface area contributed by atoms with Crippen LogP contribution >= 0.6 is 0 Å². The molecule has 4 aromatic rings. The maximum absolute atomic E-state index is 13.3. The largest absolute Gasteiger partial charge is 0.494 e. The van der Waals surface area contributed by atoms with E-state index < -0.39 is 5.91 Å². The minimum Gasteiger partial charge on any atom is -0.494 e. The van der Waals surface area contributed by atoms with Gasteiger partial charge in [-0.2, -0.15) is 0 Å². The summed E-state index contributed by atoms with van der Waals surface area (Å²) in [7, 11) is 1.55. The van der Waals surface area contributed by atoms with Crippen molar-refractivity contribution in [3.8, 4) is 28.3 Å². The van der Waals surface area contributed by atoms with Crippen molar-refractivity contribution >= 4 is 22.6 Å². The maximum atomic E-state index is 13.3. The molecule has 4 rings (SSSR count). The number of anilines is 1.